The van der Waals surface area contributed by atoms with Crippen LogP contribution in [0.25, 0.3) is 0 Å². The fourth-order valence-corrected chi connectivity index (χ4v) is 3.35. The van der Waals surface area contributed by atoms with Gasteiger partial charge in [-0.25, -0.2) is 4.99 Å². The van der Waals surface area contributed by atoms with E-state index in [0.29, 0.717) is 6.54 Å². The van der Waals surface area contributed by atoms with E-state index < -0.39 is 0 Å². The summed E-state index contributed by atoms with van der Waals surface area (Å²) in [6.07, 6.45) is 2.97. The van der Waals surface area contributed by atoms with Crippen LogP contribution in [0.5, 0.6) is 0 Å². The van der Waals surface area contributed by atoms with Crippen LogP contribution in [0.1, 0.15) is 35.1 Å². The van der Waals surface area contributed by atoms with Gasteiger partial charge in [-0.05, 0) is 57.6 Å². The van der Waals surface area contributed by atoms with Gasteiger partial charge in [-0.2, -0.15) is 0 Å². The fourth-order valence-electron chi connectivity index (χ4n) is 2.65. The highest BCUT2D eigenvalue weighted by Crippen LogP contribution is 2.22. The molecule has 0 aliphatic heterocycles. The molecule has 2 rings (SSSR count). The first kappa shape index (κ1) is 19.4. The lowest BCUT2D eigenvalue weighted by atomic mass is 10.1. The molecule has 0 aliphatic carbocycles. The Morgan fingerprint density at radius 1 is 1.24 bits per heavy atom. The molecule has 5 nitrogen and oxygen atoms in total. The average molecular weight is 361 g/mol. The number of aromatic nitrogens is 1. The molecule has 0 atom stereocenters. The molecule has 0 saturated heterocycles. The highest BCUT2D eigenvalue weighted by atomic mass is 32.2. The Morgan fingerprint density at radius 2 is 2.04 bits per heavy atom. The van der Waals surface area contributed by atoms with Crippen molar-refractivity contribution in [1.82, 2.24) is 15.8 Å². The van der Waals surface area contributed by atoms with Crippen LogP contribution in [0.3, 0.4) is 0 Å². The van der Waals surface area contributed by atoms with E-state index in [9.17, 15) is 0 Å². The first-order valence-electron chi connectivity index (χ1n) is 8.62. The highest BCUT2D eigenvalue weighted by molar-refractivity contribution is 7.98. The van der Waals surface area contributed by atoms with Crippen LogP contribution in [0.2, 0.25) is 0 Å². The molecule has 1 aromatic carbocycles. The van der Waals surface area contributed by atoms with Crippen molar-refractivity contribution in [3.63, 3.8) is 0 Å². The van der Waals surface area contributed by atoms with Gasteiger partial charge in [0.1, 0.15) is 5.76 Å². The van der Waals surface area contributed by atoms with Crippen LogP contribution in [0, 0.1) is 20.8 Å². The summed E-state index contributed by atoms with van der Waals surface area (Å²) in [4.78, 5) is 6.02. The number of aryl methyl sites for hydroxylation is 3. The Bertz CT molecular complexity index is 705. The summed E-state index contributed by atoms with van der Waals surface area (Å²) in [6, 6.07) is 6.52. The second-order valence-electron chi connectivity index (χ2n) is 5.99. The lowest BCUT2D eigenvalue weighted by molar-refractivity contribution is 0.392. The third-order valence-electron chi connectivity index (χ3n) is 4.04. The van der Waals surface area contributed by atoms with Gasteiger partial charge in [0.05, 0.1) is 12.2 Å². The van der Waals surface area contributed by atoms with Gasteiger partial charge in [0, 0.05) is 23.5 Å². The van der Waals surface area contributed by atoms with Crippen molar-refractivity contribution in [2.45, 2.75) is 45.6 Å². The van der Waals surface area contributed by atoms with Gasteiger partial charge in [0.15, 0.2) is 5.96 Å². The van der Waals surface area contributed by atoms with E-state index in [0.717, 1.165) is 36.9 Å². The van der Waals surface area contributed by atoms with Gasteiger partial charge >= 0.3 is 0 Å². The van der Waals surface area contributed by atoms with Crippen molar-refractivity contribution in [3.8, 4) is 0 Å². The number of nitrogens with one attached hydrogen (secondary N) is 2. The topological polar surface area (TPSA) is 62.5 Å². The van der Waals surface area contributed by atoms with Crippen LogP contribution < -0.4 is 10.6 Å². The molecule has 2 aromatic rings. The minimum Gasteiger partial charge on any atom is -0.361 e. The molecule has 136 valence electrons. The summed E-state index contributed by atoms with van der Waals surface area (Å²) in [5.41, 5.74) is 4.67. The molecular weight excluding hydrogens is 332 g/mol. The number of benzene rings is 1. The predicted octanol–water partition coefficient (Wildman–Crippen LogP) is 3.62. The zero-order chi connectivity index (χ0) is 18.2. The van der Waals surface area contributed by atoms with E-state index in [1.54, 1.807) is 11.8 Å². The van der Waals surface area contributed by atoms with E-state index in [1.807, 2.05) is 13.8 Å². The SMILES string of the molecule is CCNC(=NCc1ccc(C)cc1SC)NCCc1c(C)noc1C. The van der Waals surface area contributed by atoms with Crippen molar-refractivity contribution in [2.24, 2.45) is 4.99 Å². The monoisotopic (exact) mass is 360 g/mol. The van der Waals surface area contributed by atoms with Crippen LogP contribution in [0.4, 0.5) is 0 Å². The zero-order valence-electron chi connectivity index (χ0n) is 15.8. The maximum absolute atomic E-state index is 5.21. The molecule has 6 heteroatoms. The summed E-state index contributed by atoms with van der Waals surface area (Å²) in [7, 11) is 0. The molecule has 0 radical (unpaired) electrons. The summed E-state index contributed by atoms with van der Waals surface area (Å²) < 4.78 is 5.21. The third-order valence-corrected chi connectivity index (χ3v) is 4.86. The predicted molar refractivity (Wildman–Crippen MR) is 105 cm³/mol. The van der Waals surface area contributed by atoms with Gasteiger partial charge in [0.2, 0.25) is 0 Å². The summed E-state index contributed by atoms with van der Waals surface area (Å²) >= 11 is 1.77. The molecule has 0 amide bonds. The lowest BCUT2D eigenvalue weighted by Gasteiger charge is -2.12. The minimum atomic E-state index is 0.664. The van der Waals surface area contributed by atoms with Crippen molar-refractivity contribution >= 4 is 17.7 Å². The third kappa shape index (κ3) is 5.53. The molecule has 0 saturated carbocycles. The molecule has 0 spiro atoms. The van der Waals surface area contributed by atoms with Crippen LogP contribution in [-0.2, 0) is 13.0 Å². The van der Waals surface area contributed by atoms with E-state index in [-0.39, 0.29) is 0 Å². The number of rotatable bonds is 7. The maximum atomic E-state index is 5.21. The lowest BCUT2D eigenvalue weighted by Crippen LogP contribution is -2.38. The average Bonchev–Trinajstić information content (AvgIpc) is 2.92. The second-order valence-corrected chi connectivity index (χ2v) is 6.84. The first-order chi connectivity index (χ1) is 12.0. The van der Waals surface area contributed by atoms with Crippen molar-refractivity contribution in [2.75, 3.05) is 19.3 Å². The zero-order valence-corrected chi connectivity index (χ0v) is 16.6. The second kappa shape index (κ2) is 9.51. The Morgan fingerprint density at radius 3 is 2.68 bits per heavy atom. The van der Waals surface area contributed by atoms with Crippen LogP contribution in [-0.4, -0.2) is 30.5 Å². The highest BCUT2D eigenvalue weighted by Gasteiger charge is 2.09. The summed E-state index contributed by atoms with van der Waals surface area (Å²) in [6.45, 7) is 10.4. The minimum absolute atomic E-state index is 0.664. The number of nitrogens with zero attached hydrogens (tertiary/aromatic N) is 2. The molecule has 0 aliphatic rings. The smallest absolute Gasteiger partial charge is 0.191 e. The number of hydrogen-bond acceptors (Lipinski definition) is 4. The van der Waals surface area contributed by atoms with Gasteiger partial charge in [-0.3, -0.25) is 0 Å². The van der Waals surface area contributed by atoms with Crippen LogP contribution >= 0.6 is 11.8 Å². The molecule has 0 bridgehead atoms. The standard InChI is InChI=1S/C19H28N4OS/c1-6-20-19(21-10-9-17-14(3)23-24-15(17)4)22-12-16-8-7-13(2)11-18(16)25-5/h7-8,11H,6,9-10,12H2,1-5H3,(H2,20,21,22). The summed E-state index contributed by atoms with van der Waals surface area (Å²) in [5, 5.41) is 10.7. The molecule has 0 unspecified atom stereocenters. The largest absolute Gasteiger partial charge is 0.361 e. The number of guanidine groups is 1. The van der Waals surface area contributed by atoms with E-state index in [1.165, 1.54) is 21.6 Å². The van der Waals surface area contributed by atoms with Gasteiger partial charge in [-0.15, -0.1) is 11.8 Å². The number of thioether (sulfide) groups is 1. The first-order valence-corrected chi connectivity index (χ1v) is 9.85. The molecule has 1 heterocycles. The number of hydrogen-bond donors (Lipinski definition) is 2. The fraction of sp³-hybridized carbons (Fsp3) is 0.474. The van der Waals surface area contributed by atoms with Crippen molar-refractivity contribution in [3.05, 3.63) is 46.3 Å². The van der Waals surface area contributed by atoms with E-state index >= 15 is 0 Å². The maximum Gasteiger partial charge on any atom is 0.191 e. The molecule has 1 aromatic heterocycles. The Labute approximate surface area is 154 Å². The van der Waals surface area contributed by atoms with Crippen molar-refractivity contribution < 1.29 is 4.52 Å². The number of aliphatic imine (C=N–C) groups is 1. The van der Waals surface area contributed by atoms with Gasteiger partial charge in [0.25, 0.3) is 0 Å². The van der Waals surface area contributed by atoms with Gasteiger partial charge < -0.3 is 15.2 Å². The quantitative estimate of drug-likeness (QED) is 0.449. The Balaban J connectivity index is 1.98. The molecule has 0 fully saturated rings. The Hall–Kier alpha value is -1.95. The molecule has 25 heavy (non-hydrogen) atoms. The van der Waals surface area contributed by atoms with E-state index in [4.69, 9.17) is 9.52 Å². The molecular formula is C19H28N4OS. The van der Waals surface area contributed by atoms with Crippen molar-refractivity contribution in [1.29, 1.82) is 0 Å². The Kier molecular flexibility index (Phi) is 7.37. The van der Waals surface area contributed by atoms with E-state index in [2.05, 4.69) is 54.1 Å². The summed E-state index contributed by atoms with van der Waals surface area (Å²) in [5.74, 6) is 1.73. The van der Waals surface area contributed by atoms with Gasteiger partial charge in [-0.1, -0.05) is 17.3 Å². The molecule has 2 N–H and O–H groups in total. The van der Waals surface area contributed by atoms with Crippen LogP contribution in [0.15, 0.2) is 32.6 Å². The normalized spacial score (nSPS) is 11.6.